The van der Waals surface area contributed by atoms with Crippen LogP contribution in [0.3, 0.4) is 0 Å². The number of carbonyl (C=O) groups is 1. The number of fused-ring (bicyclic) bond motifs is 1. The van der Waals surface area contributed by atoms with Gasteiger partial charge < -0.3 is 14.8 Å². The minimum Gasteiger partial charge on any atom is -0.454 e. The Kier molecular flexibility index (Phi) is 4.95. The van der Waals surface area contributed by atoms with Crippen molar-refractivity contribution in [1.29, 1.82) is 5.26 Å². The number of amides is 1. The number of nitrogens with one attached hydrogen (secondary N) is 1. The summed E-state index contributed by atoms with van der Waals surface area (Å²) in [5, 5.41) is 12.2. The lowest BCUT2D eigenvalue weighted by Crippen LogP contribution is -2.37. The summed E-state index contributed by atoms with van der Waals surface area (Å²) in [5.74, 6) is 1.42. The Balaban J connectivity index is 1.31. The molecule has 2 heterocycles. The van der Waals surface area contributed by atoms with E-state index in [2.05, 4.69) is 16.3 Å². The molecule has 0 spiro atoms. The van der Waals surface area contributed by atoms with Gasteiger partial charge in [0.05, 0.1) is 11.6 Å². The van der Waals surface area contributed by atoms with Crippen molar-refractivity contribution in [2.75, 3.05) is 25.2 Å². The van der Waals surface area contributed by atoms with Crippen LogP contribution in [0.2, 0.25) is 0 Å². The largest absolute Gasteiger partial charge is 0.454 e. The first-order valence-corrected chi connectivity index (χ1v) is 9.14. The SMILES string of the molecule is N#Cc1ccccc1CN1CCC(C(=O)Nc2ccc3c(c2)OCO3)CC1. The Morgan fingerprint density at radius 3 is 2.74 bits per heavy atom. The van der Waals surface area contributed by atoms with E-state index in [0.29, 0.717) is 11.5 Å². The van der Waals surface area contributed by atoms with Gasteiger partial charge >= 0.3 is 0 Å². The number of hydrogen-bond donors (Lipinski definition) is 1. The molecule has 6 nitrogen and oxygen atoms in total. The molecular weight excluding hydrogens is 342 g/mol. The number of benzene rings is 2. The Hall–Kier alpha value is -3.04. The fourth-order valence-corrected chi connectivity index (χ4v) is 3.58. The highest BCUT2D eigenvalue weighted by Crippen LogP contribution is 2.34. The van der Waals surface area contributed by atoms with Gasteiger partial charge in [0, 0.05) is 24.2 Å². The summed E-state index contributed by atoms with van der Waals surface area (Å²) in [6, 6.07) is 15.4. The van der Waals surface area contributed by atoms with Gasteiger partial charge in [0.25, 0.3) is 0 Å². The van der Waals surface area contributed by atoms with Crippen molar-refractivity contribution in [3.63, 3.8) is 0 Å². The van der Waals surface area contributed by atoms with Crippen LogP contribution in [0, 0.1) is 17.2 Å². The van der Waals surface area contributed by atoms with E-state index in [9.17, 15) is 10.1 Å². The van der Waals surface area contributed by atoms with Gasteiger partial charge in [-0.25, -0.2) is 0 Å². The van der Waals surface area contributed by atoms with Crippen LogP contribution in [0.15, 0.2) is 42.5 Å². The highest BCUT2D eigenvalue weighted by Gasteiger charge is 2.26. The minimum absolute atomic E-state index is 0.00196. The molecule has 2 aliphatic heterocycles. The molecule has 1 N–H and O–H groups in total. The molecule has 0 unspecified atom stereocenters. The van der Waals surface area contributed by atoms with Crippen LogP contribution in [-0.2, 0) is 11.3 Å². The van der Waals surface area contributed by atoms with Gasteiger partial charge in [-0.15, -0.1) is 0 Å². The fourth-order valence-electron chi connectivity index (χ4n) is 3.58. The van der Waals surface area contributed by atoms with Crippen molar-refractivity contribution in [1.82, 2.24) is 4.90 Å². The Labute approximate surface area is 158 Å². The van der Waals surface area contributed by atoms with Crippen LogP contribution in [0.25, 0.3) is 0 Å². The number of nitriles is 1. The van der Waals surface area contributed by atoms with E-state index >= 15 is 0 Å². The summed E-state index contributed by atoms with van der Waals surface area (Å²) >= 11 is 0. The third-order valence-electron chi connectivity index (χ3n) is 5.13. The lowest BCUT2D eigenvalue weighted by Gasteiger charge is -2.31. The molecule has 138 valence electrons. The maximum absolute atomic E-state index is 12.6. The second-order valence-electron chi connectivity index (χ2n) is 6.88. The molecule has 0 saturated carbocycles. The highest BCUT2D eigenvalue weighted by molar-refractivity contribution is 5.93. The summed E-state index contributed by atoms with van der Waals surface area (Å²) in [4.78, 5) is 14.9. The first kappa shape index (κ1) is 17.4. The molecule has 1 saturated heterocycles. The summed E-state index contributed by atoms with van der Waals surface area (Å²) < 4.78 is 10.6. The number of anilines is 1. The van der Waals surface area contributed by atoms with Gasteiger partial charge in [-0.1, -0.05) is 18.2 Å². The average Bonchev–Trinajstić information content (AvgIpc) is 3.17. The zero-order chi connectivity index (χ0) is 18.6. The van der Waals surface area contributed by atoms with E-state index in [4.69, 9.17) is 9.47 Å². The Morgan fingerprint density at radius 1 is 1.15 bits per heavy atom. The number of ether oxygens (including phenoxy) is 2. The quantitative estimate of drug-likeness (QED) is 0.903. The number of rotatable bonds is 4. The third-order valence-corrected chi connectivity index (χ3v) is 5.13. The molecule has 4 rings (SSSR count). The molecule has 0 bridgehead atoms. The van der Waals surface area contributed by atoms with Gasteiger partial charge in [-0.3, -0.25) is 9.69 Å². The van der Waals surface area contributed by atoms with Crippen molar-refractivity contribution < 1.29 is 14.3 Å². The van der Waals surface area contributed by atoms with Crippen molar-refractivity contribution in [3.05, 3.63) is 53.6 Å². The lowest BCUT2D eigenvalue weighted by atomic mass is 9.95. The topological polar surface area (TPSA) is 74.6 Å². The number of nitrogens with zero attached hydrogens (tertiary/aromatic N) is 2. The predicted molar refractivity (Wildman–Crippen MR) is 100 cm³/mol. The third kappa shape index (κ3) is 3.88. The zero-order valence-corrected chi connectivity index (χ0v) is 15.0. The molecule has 0 aliphatic carbocycles. The molecule has 6 heteroatoms. The maximum atomic E-state index is 12.6. The normalized spacial score (nSPS) is 16.7. The van der Waals surface area contributed by atoms with Gasteiger partial charge in [0.2, 0.25) is 12.7 Å². The monoisotopic (exact) mass is 363 g/mol. The number of likely N-dealkylation sites (tertiary alicyclic amines) is 1. The van der Waals surface area contributed by atoms with Crippen LogP contribution in [0.5, 0.6) is 11.5 Å². The minimum atomic E-state index is -0.00196. The molecule has 2 aromatic rings. The second kappa shape index (κ2) is 7.68. The molecule has 0 aromatic heterocycles. The van der Waals surface area contributed by atoms with Gasteiger partial charge in [0.15, 0.2) is 11.5 Å². The smallest absolute Gasteiger partial charge is 0.231 e. The molecule has 1 fully saturated rings. The molecule has 2 aliphatic rings. The van der Waals surface area contributed by atoms with E-state index < -0.39 is 0 Å². The first-order chi connectivity index (χ1) is 13.2. The summed E-state index contributed by atoms with van der Waals surface area (Å²) in [6.07, 6.45) is 1.62. The van der Waals surface area contributed by atoms with Crippen molar-refractivity contribution in [2.45, 2.75) is 19.4 Å². The van der Waals surface area contributed by atoms with Crippen LogP contribution < -0.4 is 14.8 Å². The van der Waals surface area contributed by atoms with Crippen LogP contribution >= 0.6 is 0 Å². The fraction of sp³-hybridized carbons (Fsp3) is 0.333. The molecule has 2 aromatic carbocycles. The molecule has 1 amide bonds. The molecule has 0 radical (unpaired) electrons. The number of piperidine rings is 1. The van der Waals surface area contributed by atoms with E-state index in [1.165, 1.54) is 0 Å². The average molecular weight is 363 g/mol. The molecule has 27 heavy (non-hydrogen) atoms. The van der Waals surface area contributed by atoms with Crippen molar-refractivity contribution >= 4 is 11.6 Å². The maximum Gasteiger partial charge on any atom is 0.231 e. The van der Waals surface area contributed by atoms with Crippen LogP contribution in [-0.4, -0.2) is 30.7 Å². The van der Waals surface area contributed by atoms with Gasteiger partial charge in [0.1, 0.15) is 0 Å². The molecule has 0 atom stereocenters. The number of hydrogen-bond acceptors (Lipinski definition) is 5. The lowest BCUT2D eigenvalue weighted by molar-refractivity contribution is -0.121. The van der Waals surface area contributed by atoms with Crippen LogP contribution in [0.1, 0.15) is 24.0 Å². The van der Waals surface area contributed by atoms with E-state index in [1.54, 1.807) is 6.07 Å². The Morgan fingerprint density at radius 2 is 1.93 bits per heavy atom. The van der Waals surface area contributed by atoms with E-state index in [0.717, 1.165) is 49.3 Å². The highest BCUT2D eigenvalue weighted by atomic mass is 16.7. The summed E-state index contributed by atoms with van der Waals surface area (Å²) in [6.45, 7) is 2.67. The van der Waals surface area contributed by atoms with Crippen LogP contribution in [0.4, 0.5) is 5.69 Å². The van der Waals surface area contributed by atoms with Gasteiger partial charge in [-0.05, 0) is 49.7 Å². The molecular formula is C21H21N3O3. The van der Waals surface area contributed by atoms with Gasteiger partial charge in [-0.2, -0.15) is 5.26 Å². The van der Waals surface area contributed by atoms with E-state index in [1.807, 2.05) is 36.4 Å². The summed E-state index contributed by atoms with van der Waals surface area (Å²) in [7, 11) is 0. The summed E-state index contributed by atoms with van der Waals surface area (Å²) in [5.41, 5.74) is 2.50. The number of carbonyl (C=O) groups excluding carboxylic acids is 1. The van der Waals surface area contributed by atoms with E-state index in [-0.39, 0.29) is 18.6 Å². The first-order valence-electron chi connectivity index (χ1n) is 9.14. The second-order valence-corrected chi connectivity index (χ2v) is 6.88. The Bertz CT molecular complexity index is 882. The standard InChI is InChI=1S/C21H21N3O3/c22-12-16-3-1-2-4-17(16)13-24-9-7-15(8-10-24)21(25)23-18-5-6-19-20(11-18)27-14-26-19/h1-6,11,15H,7-10,13-14H2,(H,23,25). The zero-order valence-electron chi connectivity index (χ0n) is 15.0. The predicted octanol–water partition coefficient (Wildman–Crippen LogP) is 3.14. The van der Waals surface area contributed by atoms with Crippen molar-refractivity contribution in [3.8, 4) is 17.6 Å². The van der Waals surface area contributed by atoms with Crippen molar-refractivity contribution in [2.24, 2.45) is 5.92 Å².